The lowest BCUT2D eigenvalue weighted by molar-refractivity contribution is -0.130. The van der Waals surface area contributed by atoms with E-state index in [1.54, 1.807) is 6.92 Å². The SMILES string of the molecule is C=C(C)C1CC(=O)C(C)=C(c2cn3c(c(O)c2=O)C(=O)N(Cc2ccc(F)cc2)C(=O)C3)C1. The van der Waals surface area contributed by atoms with Crippen molar-refractivity contribution in [2.75, 3.05) is 0 Å². The smallest absolute Gasteiger partial charge is 0.281 e. The Kier molecular flexibility index (Phi) is 5.61. The summed E-state index contributed by atoms with van der Waals surface area (Å²) in [5, 5.41) is 10.7. The van der Waals surface area contributed by atoms with Gasteiger partial charge in [0.1, 0.15) is 12.4 Å². The minimum atomic E-state index is -0.818. The van der Waals surface area contributed by atoms with Gasteiger partial charge in [-0.15, -0.1) is 0 Å². The van der Waals surface area contributed by atoms with Gasteiger partial charge in [0.25, 0.3) is 5.91 Å². The van der Waals surface area contributed by atoms with Gasteiger partial charge in [-0.25, -0.2) is 4.39 Å². The van der Waals surface area contributed by atoms with Gasteiger partial charge in [-0.2, -0.15) is 0 Å². The van der Waals surface area contributed by atoms with Crippen LogP contribution in [0.1, 0.15) is 48.3 Å². The number of hydrogen-bond donors (Lipinski definition) is 1. The van der Waals surface area contributed by atoms with Crippen LogP contribution in [0.2, 0.25) is 0 Å². The van der Waals surface area contributed by atoms with Crippen LogP contribution in [0, 0.1) is 11.7 Å². The first-order valence-corrected chi connectivity index (χ1v) is 10.5. The third kappa shape index (κ3) is 3.92. The molecule has 170 valence electrons. The summed E-state index contributed by atoms with van der Waals surface area (Å²) in [6.07, 6.45) is 2.08. The van der Waals surface area contributed by atoms with E-state index >= 15 is 0 Å². The topological polar surface area (TPSA) is 96.7 Å². The molecule has 7 nitrogen and oxygen atoms in total. The molecule has 1 N–H and O–H groups in total. The summed E-state index contributed by atoms with van der Waals surface area (Å²) >= 11 is 0. The largest absolute Gasteiger partial charge is 0.503 e. The monoisotopic (exact) mass is 450 g/mol. The summed E-state index contributed by atoms with van der Waals surface area (Å²) in [5.74, 6) is -2.80. The molecule has 0 bridgehead atoms. The second-order valence-electron chi connectivity index (χ2n) is 8.59. The highest BCUT2D eigenvalue weighted by Gasteiger charge is 2.36. The molecule has 1 unspecified atom stereocenters. The van der Waals surface area contributed by atoms with E-state index in [1.165, 1.54) is 35.0 Å². The number of carbonyl (C=O) groups excluding carboxylic acids is 3. The van der Waals surface area contributed by atoms with Crippen LogP contribution in [0.25, 0.3) is 5.57 Å². The molecule has 0 saturated heterocycles. The Morgan fingerprint density at radius 3 is 2.45 bits per heavy atom. The van der Waals surface area contributed by atoms with Crippen LogP contribution >= 0.6 is 0 Å². The maximum atomic E-state index is 13.2. The van der Waals surface area contributed by atoms with E-state index in [2.05, 4.69) is 6.58 Å². The maximum absolute atomic E-state index is 13.2. The van der Waals surface area contributed by atoms with Gasteiger partial charge in [0.15, 0.2) is 17.2 Å². The standard InChI is InChI=1S/C25H23FN2O5/c1-13(2)16-8-18(14(3)20(29)9-16)19-11-27-12-21(30)28(10-15-4-6-17(26)7-5-15)25(33)22(27)24(32)23(19)31/h4-7,11,16,32H,1,8-10,12H2,2-3H3. The second-order valence-corrected chi connectivity index (χ2v) is 8.59. The summed E-state index contributed by atoms with van der Waals surface area (Å²) in [5.41, 5.74) is 1.30. The molecule has 0 spiro atoms. The maximum Gasteiger partial charge on any atom is 0.281 e. The van der Waals surface area contributed by atoms with Gasteiger partial charge in [-0.3, -0.25) is 24.1 Å². The number of halogens is 1. The third-order valence-corrected chi connectivity index (χ3v) is 6.34. The Hall–Kier alpha value is -3.81. The number of imide groups is 1. The van der Waals surface area contributed by atoms with Crippen molar-refractivity contribution in [3.8, 4) is 5.75 Å². The summed E-state index contributed by atoms with van der Waals surface area (Å²) in [6.45, 7) is 6.98. The van der Waals surface area contributed by atoms with Crippen LogP contribution in [0.3, 0.4) is 0 Å². The minimum absolute atomic E-state index is 0.0978. The number of rotatable bonds is 4. The zero-order valence-electron chi connectivity index (χ0n) is 18.4. The molecule has 1 aliphatic heterocycles. The second kappa shape index (κ2) is 8.27. The summed E-state index contributed by atoms with van der Waals surface area (Å²) < 4.78 is 14.4. The molecule has 0 saturated carbocycles. The molecule has 1 atom stereocenters. The van der Waals surface area contributed by atoms with Crippen LogP contribution in [0.4, 0.5) is 4.39 Å². The average molecular weight is 450 g/mol. The highest BCUT2D eigenvalue weighted by molar-refractivity contribution is 6.08. The molecule has 4 rings (SSSR count). The fraction of sp³-hybridized carbons (Fsp3) is 0.280. The van der Waals surface area contributed by atoms with Gasteiger partial charge in [0, 0.05) is 18.2 Å². The molecule has 1 aromatic heterocycles. The van der Waals surface area contributed by atoms with Crippen molar-refractivity contribution < 1.29 is 23.9 Å². The molecule has 33 heavy (non-hydrogen) atoms. The molecular formula is C25H23FN2O5. The van der Waals surface area contributed by atoms with E-state index in [9.17, 15) is 28.7 Å². The summed E-state index contributed by atoms with van der Waals surface area (Å²) in [7, 11) is 0. The van der Waals surface area contributed by atoms with E-state index in [0.717, 1.165) is 10.5 Å². The van der Waals surface area contributed by atoms with Crippen molar-refractivity contribution in [3.05, 3.63) is 81.0 Å². The average Bonchev–Trinajstić information content (AvgIpc) is 2.76. The van der Waals surface area contributed by atoms with E-state index < -0.39 is 28.8 Å². The van der Waals surface area contributed by atoms with Crippen LogP contribution in [0.15, 0.2) is 53.0 Å². The summed E-state index contributed by atoms with van der Waals surface area (Å²) in [4.78, 5) is 52.3. The molecule has 2 aliphatic rings. The molecule has 1 aromatic carbocycles. The predicted molar refractivity (Wildman–Crippen MR) is 119 cm³/mol. The molecule has 2 heterocycles. The Morgan fingerprint density at radius 2 is 1.82 bits per heavy atom. The first kappa shape index (κ1) is 22.4. The Labute approximate surface area is 189 Å². The van der Waals surface area contributed by atoms with E-state index in [0.29, 0.717) is 29.6 Å². The minimum Gasteiger partial charge on any atom is -0.503 e. The molecule has 1 aliphatic carbocycles. The van der Waals surface area contributed by atoms with Gasteiger partial charge in [-0.05, 0) is 55.0 Å². The lowest BCUT2D eigenvalue weighted by Gasteiger charge is -2.30. The van der Waals surface area contributed by atoms with E-state index in [4.69, 9.17) is 0 Å². The number of hydrogen-bond acceptors (Lipinski definition) is 5. The van der Waals surface area contributed by atoms with Crippen molar-refractivity contribution in [2.45, 2.75) is 39.8 Å². The predicted octanol–water partition coefficient (Wildman–Crippen LogP) is 3.20. The van der Waals surface area contributed by atoms with Crippen LogP contribution < -0.4 is 5.43 Å². The number of amides is 2. The van der Waals surface area contributed by atoms with Gasteiger partial charge < -0.3 is 9.67 Å². The van der Waals surface area contributed by atoms with Gasteiger partial charge in [0.05, 0.1) is 6.54 Å². The zero-order chi connectivity index (χ0) is 24.0. The number of carbonyl (C=O) groups is 3. The van der Waals surface area contributed by atoms with Gasteiger partial charge >= 0.3 is 0 Å². The van der Waals surface area contributed by atoms with Gasteiger partial charge in [0.2, 0.25) is 11.3 Å². The first-order chi connectivity index (χ1) is 15.6. The fourth-order valence-corrected chi connectivity index (χ4v) is 4.30. The molecule has 8 heteroatoms. The zero-order valence-corrected chi connectivity index (χ0v) is 18.4. The number of nitrogens with zero attached hydrogens (tertiary/aromatic N) is 2. The molecule has 2 aromatic rings. The Bertz CT molecular complexity index is 1300. The van der Waals surface area contributed by atoms with E-state index in [-0.39, 0.29) is 36.0 Å². The molecular weight excluding hydrogens is 427 g/mol. The number of pyridine rings is 1. The first-order valence-electron chi connectivity index (χ1n) is 10.5. The fourth-order valence-electron chi connectivity index (χ4n) is 4.30. The number of Topliss-reactive ketones (excluding diaryl/α,β-unsaturated/α-hetero) is 1. The lowest BCUT2D eigenvalue weighted by Crippen LogP contribution is -2.45. The van der Waals surface area contributed by atoms with Crippen molar-refractivity contribution in [3.63, 3.8) is 0 Å². The molecule has 0 fully saturated rings. The molecule has 2 amide bonds. The number of allylic oxidation sites excluding steroid dienone is 3. The quantitative estimate of drug-likeness (QED) is 0.570. The number of ketones is 1. The van der Waals surface area contributed by atoms with Crippen molar-refractivity contribution in [2.24, 2.45) is 5.92 Å². The summed E-state index contributed by atoms with van der Waals surface area (Å²) in [6, 6.07) is 5.34. The van der Waals surface area contributed by atoms with Crippen molar-refractivity contribution in [1.82, 2.24) is 9.47 Å². The van der Waals surface area contributed by atoms with Crippen LogP contribution in [-0.4, -0.2) is 32.2 Å². The third-order valence-electron chi connectivity index (χ3n) is 6.34. The van der Waals surface area contributed by atoms with Crippen molar-refractivity contribution in [1.29, 1.82) is 0 Å². The highest BCUT2D eigenvalue weighted by atomic mass is 19.1. The number of aromatic hydroxyl groups is 1. The van der Waals surface area contributed by atoms with E-state index in [1.807, 2.05) is 6.92 Å². The lowest BCUT2D eigenvalue weighted by atomic mass is 9.78. The molecule has 0 radical (unpaired) electrons. The highest BCUT2D eigenvalue weighted by Crippen LogP contribution is 2.36. The Balaban J connectivity index is 1.76. The van der Waals surface area contributed by atoms with Crippen molar-refractivity contribution >= 4 is 23.2 Å². The number of aromatic nitrogens is 1. The Morgan fingerprint density at radius 1 is 1.15 bits per heavy atom. The number of benzene rings is 1. The van der Waals surface area contributed by atoms with Gasteiger partial charge in [-0.1, -0.05) is 24.3 Å². The number of fused-ring (bicyclic) bond motifs is 1. The normalized spacial score (nSPS) is 18.6. The van der Waals surface area contributed by atoms with Crippen LogP contribution in [-0.2, 0) is 22.7 Å². The van der Waals surface area contributed by atoms with Crippen LogP contribution in [0.5, 0.6) is 5.75 Å².